The molecule has 3 rings (SSSR count). The molecule has 1 N–H and O–H groups in total. The lowest BCUT2D eigenvalue weighted by atomic mass is 9.78. The molecule has 2 heterocycles. The van der Waals surface area contributed by atoms with Gasteiger partial charge in [0.05, 0.1) is 5.60 Å². The van der Waals surface area contributed by atoms with Crippen LogP contribution in [0.25, 0.3) is 0 Å². The molecule has 1 aliphatic carbocycles. The molecule has 1 aliphatic heterocycles. The molecule has 1 spiro atoms. The Labute approximate surface area is 127 Å². The van der Waals surface area contributed by atoms with Crippen LogP contribution < -0.4 is 5.32 Å². The molecule has 7 heteroatoms. The van der Waals surface area contributed by atoms with E-state index in [0.29, 0.717) is 12.4 Å². The van der Waals surface area contributed by atoms with E-state index in [0.717, 1.165) is 31.7 Å². The van der Waals surface area contributed by atoms with Crippen LogP contribution in [0.2, 0.25) is 0 Å². The SMILES string of the molecule is FC(F)(F)c1ccc(NC2CCOC3(CCCCC3)C2)nn1. The van der Waals surface area contributed by atoms with E-state index in [4.69, 9.17) is 4.74 Å². The van der Waals surface area contributed by atoms with Gasteiger partial charge in [-0.05, 0) is 37.8 Å². The maximum Gasteiger partial charge on any atom is 0.435 e. The van der Waals surface area contributed by atoms with Crippen molar-refractivity contribution in [3.05, 3.63) is 17.8 Å². The predicted octanol–water partition coefficient (Wildman–Crippen LogP) is 3.79. The molecule has 1 unspecified atom stereocenters. The summed E-state index contributed by atoms with van der Waals surface area (Å²) in [5.74, 6) is 0.394. The summed E-state index contributed by atoms with van der Waals surface area (Å²) in [7, 11) is 0. The molecule has 122 valence electrons. The highest BCUT2D eigenvalue weighted by Crippen LogP contribution is 2.39. The van der Waals surface area contributed by atoms with E-state index >= 15 is 0 Å². The zero-order chi connectivity index (χ0) is 15.6. The monoisotopic (exact) mass is 315 g/mol. The van der Waals surface area contributed by atoms with Crippen molar-refractivity contribution >= 4 is 5.82 Å². The van der Waals surface area contributed by atoms with Crippen molar-refractivity contribution < 1.29 is 17.9 Å². The third kappa shape index (κ3) is 3.51. The summed E-state index contributed by atoms with van der Waals surface area (Å²) in [5.41, 5.74) is -1.01. The Hall–Kier alpha value is -1.37. The molecule has 2 fully saturated rings. The van der Waals surface area contributed by atoms with Gasteiger partial charge in [-0.25, -0.2) is 0 Å². The Morgan fingerprint density at radius 3 is 2.55 bits per heavy atom. The first-order valence-corrected chi connectivity index (χ1v) is 7.78. The fourth-order valence-corrected chi connectivity index (χ4v) is 3.47. The molecule has 1 aromatic rings. The number of halogens is 3. The van der Waals surface area contributed by atoms with Crippen molar-refractivity contribution in [2.45, 2.75) is 62.8 Å². The van der Waals surface area contributed by atoms with Gasteiger partial charge in [0.25, 0.3) is 0 Å². The fourth-order valence-electron chi connectivity index (χ4n) is 3.47. The van der Waals surface area contributed by atoms with Crippen LogP contribution in [0, 0.1) is 0 Å². The lowest BCUT2D eigenvalue weighted by molar-refractivity contribution is -0.141. The van der Waals surface area contributed by atoms with E-state index in [1.54, 1.807) is 0 Å². The van der Waals surface area contributed by atoms with Crippen LogP contribution in [-0.4, -0.2) is 28.4 Å². The lowest BCUT2D eigenvalue weighted by Crippen LogP contribution is -2.45. The summed E-state index contributed by atoms with van der Waals surface area (Å²) < 4.78 is 43.4. The minimum Gasteiger partial charge on any atom is -0.375 e. The number of anilines is 1. The van der Waals surface area contributed by atoms with Gasteiger partial charge < -0.3 is 10.1 Å². The molecule has 0 amide bonds. The molecule has 1 saturated heterocycles. The molecule has 1 aromatic heterocycles. The third-order valence-corrected chi connectivity index (χ3v) is 4.56. The fraction of sp³-hybridized carbons (Fsp3) is 0.733. The van der Waals surface area contributed by atoms with Gasteiger partial charge in [-0.3, -0.25) is 0 Å². The van der Waals surface area contributed by atoms with Crippen LogP contribution in [0.1, 0.15) is 50.6 Å². The zero-order valence-electron chi connectivity index (χ0n) is 12.3. The number of hydrogen-bond acceptors (Lipinski definition) is 4. The molecule has 2 aliphatic rings. The predicted molar refractivity (Wildman–Crippen MR) is 75.4 cm³/mol. The average Bonchev–Trinajstić information content (AvgIpc) is 2.48. The first-order valence-electron chi connectivity index (χ1n) is 7.78. The van der Waals surface area contributed by atoms with E-state index in [2.05, 4.69) is 15.5 Å². The quantitative estimate of drug-likeness (QED) is 0.902. The highest BCUT2D eigenvalue weighted by Gasteiger charge is 2.38. The van der Waals surface area contributed by atoms with E-state index in [1.807, 2.05) is 0 Å². The van der Waals surface area contributed by atoms with Crippen molar-refractivity contribution in [3.8, 4) is 0 Å². The molecular weight excluding hydrogens is 295 g/mol. The smallest absolute Gasteiger partial charge is 0.375 e. The van der Waals surface area contributed by atoms with Crippen molar-refractivity contribution in [1.82, 2.24) is 10.2 Å². The van der Waals surface area contributed by atoms with Crippen molar-refractivity contribution in [2.24, 2.45) is 0 Å². The first-order chi connectivity index (χ1) is 10.5. The number of ether oxygens (including phenoxy) is 1. The summed E-state index contributed by atoms with van der Waals surface area (Å²) in [6.07, 6.45) is 3.05. The van der Waals surface area contributed by atoms with Crippen LogP contribution >= 0.6 is 0 Å². The Morgan fingerprint density at radius 1 is 1.14 bits per heavy atom. The number of nitrogens with zero attached hydrogens (tertiary/aromatic N) is 2. The number of hydrogen-bond donors (Lipinski definition) is 1. The number of aromatic nitrogens is 2. The van der Waals surface area contributed by atoms with Crippen molar-refractivity contribution in [3.63, 3.8) is 0 Å². The van der Waals surface area contributed by atoms with Crippen LogP contribution in [0.4, 0.5) is 19.0 Å². The maximum absolute atomic E-state index is 12.5. The first kappa shape index (κ1) is 15.5. The molecule has 0 aromatic carbocycles. The van der Waals surface area contributed by atoms with Crippen LogP contribution in [0.15, 0.2) is 12.1 Å². The summed E-state index contributed by atoms with van der Waals surface area (Å²) in [6, 6.07) is 2.49. The van der Waals surface area contributed by atoms with Crippen molar-refractivity contribution in [2.75, 3.05) is 11.9 Å². The van der Waals surface area contributed by atoms with Crippen LogP contribution in [-0.2, 0) is 10.9 Å². The Kier molecular flexibility index (Phi) is 4.25. The highest BCUT2D eigenvalue weighted by atomic mass is 19.4. The van der Waals surface area contributed by atoms with Gasteiger partial charge in [-0.1, -0.05) is 19.3 Å². The molecule has 4 nitrogen and oxygen atoms in total. The van der Waals surface area contributed by atoms with Gasteiger partial charge in [0.2, 0.25) is 0 Å². The Balaban J connectivity index is 1.63. The second-order valence-corrected chi connectivity index (χ2v) is 6.23. The van der Waals surface area contributed by atoms with E-state index in [1.165, 1.54) is 25.3 Å². The zero-order valence-corrected chi connectivity index (χ0v) is 12.3. The topological polar surface area (TPSA) is 47.0 Å². The van der Waals surface area contributed by atoms with E-state index in [9.17, 15) is 13.2 Å². The normalized spacial score (nSPS) is 25.1. The minimum atomic E-state index is -4.45. The molecule has 22 heavy (non-hydrogen) atoms. The number of alkyl halides is 3. The lowest BCUT2D eigenvalue weighted by Gasteiger charge is -2.43. The Bertz CT molecular complexity index is 492. The summed E-state index contributed by atoms with van der Waals surface area (Å²) >= 11 is 0. The van der Waals surface area contributed by atoms with Gasteiger partial charge in [0.15, 0.2) is 5.69 Å². The molecule has 1 atom stereocenters. The van der Waals surface area contributed by atoms with Crippen molar-refractivity contribution in [1.29, 1.82) is 0 Å². The highest BCUT2D eigenvalue weighted by molar-refractivity contribution is 5.35. The van der Waals surface area contributed by atoms with Crippen LogP contribution in [0.5, 0.6) is 0 Å². The van der Waals surface area contributed by atoms with Crippen LogP contribution in [0.3, 0.4) is 0 Å². The average molecular weight is 315 g/mol. The van der Waals surface area contributed by atoms with Gasteiger partial charge in [0.1, 0.15) is 5.82 Å². The van der Waals surface area contributed by atoms with E-state index < -0.39 is 11.9 Å². The Morgan fingerprint density at radius 2 is 1.91 bits per heavy atom. The number of rotatable bonds is 2. The number of nitrogens with one attached hydrogen (secondary N) is 1. The maximum atomic E-state index is 12.5. The summed E-state index contributed by atoms with van der Waals surface area (Å²) in [5, 5.41) is 10.1. The second-order valence-electron chi connectivity index (χ2n) is 6.23. The molecule has 0 radical (unpaired) electrons. The van der Waals surface area contributed by atoms with Gasteiger partial charge >= 0.3 is 6.18 Å². The molecule has 0 bridgehead atoms. The van der Waals surface area contributed by atoms with Gasteiger partial charge in [-0.2, -0.15) is 13.2 Å². The van der Waals surface area contributed by atoms with Gasteiger partial charge in [-0.15, -0.1) is 10.2 Å². The van der Waals surface area contributed by atoms with E-state index in [-0.39, 0.29) is 11.6 Å². The van der Waals surface area contributed by atoms with Gasteiger partial charge in [0, 0.05) is 12.6 Å². The largest absolute Gasteiger partial charge is 0.435 e. The standard InChI is InChI=1S/C15H20F3N3O/c16-15(17,18)12-4-5-13(21-20-12)19-11-6-9-22-14(10-11)7-2-1-3-8-14/h4-5,11H,1-3,6-10H2,(H,19,21). The molecular formula is C15H20F3N3O. The summed E-state index contributed by atoms with van der Waals surface area (Å²) in [4.78, 5) is 0. The second kappa shape index (κ2) is 6.02. The minimum absolute atomic E-state index is 0.0481. The third-order valence-electron chi connectivity index (χ3n) is 4.56. The molecule has 1 saturated carbocycles. The summed E-state index contributed by atoms with van der Waals surface area (Å²) in [6.45, 7) is 0.686.